The van der Waals surface area contributed by atoms with E-state index in [-0.39, 0.29) is 17.3 Å². The van der Waals surface area contributed by atoms with Crippen LogP contribution < -0.4 is 5.73 Å². The minimum Gasteiger partial charge on any atom is -0.465 e. The third kappa shape index (κ3) is 3.97. The zero-order chi connectivity index (χ0) is 12.2. The number of allylic oxidation sites excluding steroid dienone is 2. The monoisotopic (exact) mass is 225 g/mol. The van der Waals surface area contributed by atoms with E-state index in [4.69, 9.17) is 10.5 Å². The largest absolute Gasteiger partial charge is 0.465 e. The van der Waals surface area contributed by atoms with E-state index in [1.54, 1.807) is 0 Å². The van der Waals surface area contributed by atoms with Crippen molar-refractivity contribution >= 4 is 5.97 Å². The molecule has 0 spiro atoms. The molecule has 0 aliphatic heterocycles. The fourth-order valence-electron chi connectivity index (χ4n) is 1.62. The molecule has 0 radical (unpaired) electrons. The lowest BCUT2D eigenvalue weighted by molar-refractivity contribution is -0.151. The fraction of sp³-hybridized carbons (Fsp3) is 0.769. The molecule has 0 bridgehead atoms. The highest BCUT2D eigenvalue weighted by molar-refractivity contribution is 5.73. The van der Waals surface area contributed by atoms with Gasteiger partial charge in [-0.2, -0.15) is 0 Å². The van der Waals surface area contributed by atoms with Gasteiger partial charge in [0.05, 0.1) is 12.5 Å². The highest BCUT2D eigenvalue weighted by Gasteiger charge is 2.24. The van der Waals surface area contributed by atoms with Crippen LogP contribution in [0.4, 0.5) is 0 Å². The maximum absolute atomic E-state index is 11.8. The van der Waals surface area contributed by atoms with E-state index < -0.39 is 0 Å². The van der Waals surface area contributed by atoms with Crippen molar-refractivity contribution in [2.24, 2.45) is 17.1 Å². The smallest absolute Gasteiger partial charge is 0.309 e. The SMILES string of the molecule is CC1=CCC(C(=O)OCC(C)(C)CN)CC1. The summed E-state index contributed by atoms with van der Waals surface area (Å²) in [4.78, 5) is 11.8. The van der Waals surface area contributed by atoms with Gasteiger partial charge in [0.1, 0.15) is 0 Å². The first-order chi connectivity index (χ1) is 7.44. The number of ether oxygens (including phenoxy) is 1. The van der Waals surface area contributed by atoms with Crippen LogP contribution in [0.3, 0.4) is 0 Å². The van der Waals surface area contributed by atoms with Crippen molar-refractivity contribution in [3.63, 3.8) is 0 Å². The molecule has 1 aliphatic rings. The molecule has 3 nitrogen and oxygen atoms in total. The summed E-state index contributed by atoms with van der Waals surface area (Å²) in [5.74, 6) is -0.0115. The highest BCUT2D eigenvalue weighted by atomic mass is 16.5. The first kappa shape index (κ1) is 13.2. The van der Waals surface area contributed by atoms with E-state index in [0.717, 1.165) is 19.3 Å². The highest BCUT2D eigenvalue weighted by Crippen LogP contribution is 2.25. The molecule has 0 heterocycles. The maximum atomic E-state index is 11.8. The van der Waals surface area contributed by atoms with Gasteiger partial charge >= 0.3 is 5.97 Å². The molecule has 92 valence electrons. The Morgan fingerprint density at radius 2 is 2.31 bits per heavy atom. The Morgan fingerprint density at radius 1 is 1.62 bits per heavy atom. The zero-order valence-electron chi connectivity index (χ0n) is 10.6. The second-order valence-electron chi connectivity index (χ2n) is 5.50. The van der Waals surface area contributed by atoms with E-state index in [1.807, 2.05) is 13.8 Å². The van der Waals surface area contributed by atoms with E-state index in [0.29, 0.717) is 13.2 Å². The van der Waals surface area contributed by atoms with E-state index >= 15 is 0 Å². The average molecular weight is 225 g/mol. The number of rotatable bonds is 4. The topological polar surface area (TPSA) is 52.3 Å². The van der Waals surface area contributed by atoms with Crippen molar-refractivity contribution in [2.75, 3.05) is 13.2 Å². The van der Waals surface area contributed by atoms with Crippen LogP contribution in [-0.2, 0) is 9.53 Å². The van der Waals surface area contributed by atoms with Gasteiger partial charge in [-0.15, -0.1) is 0 Å². The average Bonchev–Trinajstić information content (AvgIpc) is 2.27. The molecule has 0 aromatic rings. The van der Waals surface area contributed by atoms with Gasteiger partial charge in [0.25, 0.3) is 0 Å². The van der Waals surface area contributed by atoms with Crippen molar-refractivity contribution in [3.8, 4) is 0 Å². The number of esters is 1. The first-order valence-electron chi connectivity index (χ1n) is 5.97. The normalized spacial score (nSPS) is 21.5. The molecule has 0 fully saturated rings. The lowest BCUT2D eigenvalue weighted by atomic mass is 9.90. The molecule has 0 aromatic heterocycles. The van der Waals surface area contributed by atoms with E-state index in [9.17, 15) is 4.79 Å². The lowest BCUT2D eigenvalue weighted by Gasteiger charge is -2.24. The van der Waals surface area contributed by atoms with Crippen LogP contribution in [0.25, 0.3) is 0 Å². The van der Waals surface area contributed by atoms with Crippen LogP contribution in [0.5, 0.6) is 0 Å². The van der Waals surface area contributed by atoms with Crippen molar-refractivity contribution < 1.29 is 9.53 Å². The Hall–Kier alpha value is -0.830. The zero-order valence-corrected chi connectivity index (χ0v) is 10.6. The number of hydrogen-bond donors (Lipinski definition) is 1. The van der Waals surface area contributed by atoms with Crippen LogP contribution in [0.2, 0.25) is 0 Å². The molecule has 0 aromatic carbocycles. The summed E-state index contributed by atoms with van der Waals surface area (Å²) in [6.07, 6.45) is 4.90. The summed E-state index contributed by atoms with van der Waals surface area (Å²) < 4.78 is 5.32. The second kappa shape index (κ2) is 5.48. The summed E-state index contributed by atoms with van der Waals surface area (Å²) in [6, 6.07) is 0. The summed E-state index contributed by atoms with van der Waals surface area (Å²) in [6.45, 7) is 7.07. The maximum Gasteiger partial charge on any atom is 0.309 e. The predicted molar refractivity (Wildman–Crippen MR) is 64.9 cm³/mol. The quantitative estimate of drug-likeness (QED) is 0.590. The Labute approximate surface area is 98.0 Å². The van der Waals surface area contributed by atoms with Crippen LogP contribution >= 0.6 is 0 Å². The second-order valence-corrected chi connectivity index (χ2v) is 5.50. The van der Waals surface area contributed by atoms with E-state index in [2.05, 4.69) is 13.0 Å². The van der Waals surface area contributed by atoms with Crippen molar-refractivity contribution in [1.29, 1.82) is 0 Å². The Balaban J connectivity index is 2.36. The first-order valence-corrected chi connectivity index (χ1v) is 5.97. The molecular weight excluding hydrogens is 202 g/mol. The van der Waals surface area contributed by atoms with Gasteiger partial charge < -0.3 is 10.5 Å². The molecule has 1 aliphatic carbocycles. The van der Waals surface area contributed by atoms with Gasteiger partial charge in [-0.1, -0.05) is 25.5 Å². The predicted octanol–water partition coefficient (Wildman–Crippen LogP) is 2.26. The number of nitrogens with two attached hydrogens (primary N) is 1. The number of hydrogen-bond acceptors (Lipinski definition) is 3. The molecule has 0 saturated heterocycles. The van der Waals surface area contributed by atoms with E-state index in [1.165, 1.54) is 5.57 Å². The van der Waals surface area contributed by atoms with Gasteiger partial charge in [-0.25, -0.2) is 0 Å². The minimum atomic E-state index is -0.115. The number of carbonyl (C=O) groups is 1. The molecule has 1 unspecified atom stereocenters. The van der Waals surface area contributed by atoms with Crippen molar-refractivity contribution in [1.82, 2.24) is 0 Å². The minimum absolute atomic E-state index is 0.0530. The standard InChI is InChI=1S/C13H23NO2/c1-10-4-6-11(7-5-10)12(15)16-9-13(2,3)8-14/h4,11H,5-9,14H2,1-3H3. The molecule has 0 amide bonds. The van der Waals surface area contributed by atoms with Gasteiger partial charge in [0.2, 0.25) is 0 Å². The molecular formula is C13H23NO2. The van der Waals surface area contributed by atoms with Gasteiger partial charge in [-0.05, 0) is 26.2 Å². The molecule has 1 rings (SSSR count). The third-order valence-corrected chi connectivity index (χ3v) is 3.13. The number of carbonyl (C=O) groups excluding carboxylic acids is 1. The molecule has 1 atom stereocenters. The van der Waals surface area contributed by atoms with Crippen LogP contribution in [-0.4, -0.2) is 19.1 Å². The Bertz CT molecular complexity index is 282. The molecule has 2 N–H and O–H groups in total. The summed E-state index contributed by atoms with van der Waals surface area (Å²) in [5, 5.41) is 0. The van der Waals surface area contributed by atoms with Crippen LogP contribution in [0.1, 0.15) is 40.0 Å². The summed E-state index contributed by atoms with van der Waals surface area (Å²) in [7, 11) is 0. The van der Waals surface area contributed by atoms with Gasteiger partial charge in [0, 0.05) is 12.0 Å². The summed E-state index contributed by atoms with van der Waals surface area (Å²) in [5.41, 5.74) is 6.85. The van der Waals surface area contributed by atoms with Gasteiger partial charge in [-0.3, -0.25) is 4.79 Å². The Kier molecular flexibility index (Phi) is 4.54. The Morgan fingerprint density at radius 3 is 2.81 bits per heavy atom. The van der Waals surface area contributed by atoms with Gasteiger partial charge in [0.15, 0.2) is 0 Å². The van der Waals surface area contributed by atoms with Crippen molar-refractivity contribution in [3.05, 3.63) is 11.6 Å². The lowest BCUT2D eigenvalue weighted by Crippen LogP contribution is -2.32. The molecule has 3 heteroatoms. The fourth-order valence-corrected chi connectivity index (χ4v) is 1.62. The molecule has 0 saturated carbocycles. The molecule has 16 heavy (non-hydrogen) atoms. The summed E-state index contributed by atoms with van der Waals surface area (Å²) >= 11 is 0. The van der Waals surface area contributed by atoms with Crippen LogP contribution in [0.15, 0.2) is 11.6 Å². The third-order valence-electron chi connectivity index (χ3n) is 3.13. The van der Waals surface area contributed by atoms with Crippen LogP contribution in [0, 0.1) is 11.3 Å². The van der Waals surface area contributed by atoms with Crippen molar-refractivity contribution in [2.45, 2.75) is 40.0 Å².